The first-order valence-electron chi connectivity index (χ1n) is 14.0. The van der Waals surface area contributed by atoms with Crippen molar-refractivity contribution in [3.8, 4) is 11.1 Å². The number of benzene rings is 2. The second-order valence-electron chi connectivity index (χ2n) is 11.0. The Kier molecular flexibility index (Phi) is 8.63. The summed E-state index contributed by atoms with van der Waals surface area (Å²) in [6.45, 7) is 0.263. The molecule has 10 nitrogen and oxygen atoms in total. The predicted octanol–water partition coefficient (Wildman–Crippen LogP) is 1.62. The van der Waals surface area contributed by atoms with Gasteiger partial charge in [0.15, 0.2) is 11.6 Å². The summed E-state index contributed by atoms with van der Waals surface area (Å²) in [6, 6.07) is 11.1. The Morgan fingerprint density at radius 2 is 1.63 bits per heavy atom. The van der Waals surface area contributed by atoms with Gasteiger partial charge in [-0.05, 0) is 36.5 Å². The van der Waals surface area contributed by atoms with Crippen LogP contribution in [0.1, 0.15) is 24.0 Å². The molecule has 0 aliphatic carbocycles. The lowest BCUT2D eigenvalue weighted by Gasteiger charge is -2.38. The monoisotopic (exact) mass is 614 g/mol. The SMILES string of the molecule is CS(=O)(=O)CCn1c(=O)c(-c2cccc(F)c2F)cn(CC(=O)N2CCC(N3CCc4ccccc4CC3=O)CC2)c1=O. The van der Waals surface area contributed by atoms with E-state index < -0.39 is 63.0 Å². The van der Waals surface area contributed by atoms with Crippen molar-refractivity contribution in [2.24, 2.45) is 0 Å². The molecule has 0 spiro atoms. The van der Waals surface area contributed by atoms with Gasteiger partial charge >= 0.3 is 5.69 Å². The summed E-state index contributed by atoms with van der Waals surface area (Å²) in [5, 5.41) is 0. The number of fused-ring (bicyclic) bond motifs is 1. The molecule has 1 fully saturated rings. The lowest BCUT2D eigenvalue weighted by Crippen LogP contribution is -2.50. The van der Waals surface area contributed by atoms with Crippen molar-refractivity contribution in [2.75, 3.05) is 31.6 Å². The maximum Gasteiger partial charge on any atom is 0.331 e. The first-order valence-corrected chi connectivity index (χ1v) is 16.1. The summed E-state index contributed by atoms with van der Waals surface area (Å²) < 4.78 is 53.8. The molecule has 1 aromatic heterocycles. The molecular formula is C30H32F2N4O6S. The molecule has 43 heavy (non-hydrogen) atoms. The first kappa shape index (κ1) is 30.3. The van der Waals surface area contributed by atoms with Crippen molar-refractivity contribution < 1.29 is 26.8 Å². The van der Waals surface area contributed by atoms with E-state index in [2.05, 4.69) is 0 Å². The zero-order valence-electron chi connectivity index (χ0n) is 23.7. The molecule has 2 amide bonds. The molecular weight excluding hydrogens is 582 g/mol. The normalized spacial score (nSPS) is 16.2. The van der Waals surface area contributed by atoms with E-state index in [1.807, 2.05) is 29.2 Å². The second kappa shape index (κ2) is 12.2. The van der Waals surface area contributed by atoms with Crippen LogP contribution in [0.5, 0.6) is 0 Å². The Morgan fingerprint density at radius 3 is 2.33 bits per heavy atom. The van der Waals surface area contributed by atoms with E-state index in [-0.39, 0.29) is 17.5 Å². The lowest BCUT2D eigenvalue weighted by molar-refractivity contribution is -0.136. The van der Waals surface area contributed by atoms with Crippen LogP contribution in [-0.2, 0) is 45.4 Å². The number of halogens is 2. The van der Waals surface area contributed by atoms with Gasteiger partial charge in [0.05, 0.1) is 17.7 Å². The summed E-state index contributed by atoms with van der Waals surface area (Å²) in [7, 11) is -3.58. The highest BCUT2D eigenvalue weighted by molar-refractivity contribution is 7.90. The number of hydrogen-bond acceptors (Lipinski definition) is 6. The summed E-state index contributed by atoms with van der Waals surface area (Å²) in [5.41, 5.74) is -0.532. The molecule has 228 valence electrons. The van der Waals surface area contributed by atoms with Gasteiger partial charge in [-0.1, -0.05) is 36.4 Å². The lowest BCUT2D eigenvalue weighted by atomic mass is 10.0. The molecule has 2 aliphatic heterocycles. The molecule has 3 aromatic rings. The molecule has 5 rings (SSSR count). The van der Waals surface area contributed by atoms with Crippen LogP contribution in [0.4, 0.5) is 8.78 Å². The van der Waals surface area contributed by atoms with Crippen molar-refractivity contribution in [3.63, 3.8) is 0 Å². The summed E-state index contributed by atoms with van der Waals surface area (Å²) in [4.78, 5) is 56.2. The number of aromatic nitrogens is 2. The summed E-state index contributed by atoms with van der Waals surface area (Å²) in [6.07, 6.45) is 4.15. The van der Waals surface area contributed by atoms with Gasteiger partial charge in [-0.2, -0.15) is 0 Å². The Bertz CT molecular complexity index is 1790. The van der Waals surface area contributed by atoms with Gasteiger partial charge in [0, 0.05) is 50.2 Å². The van der Waals surface area contributed by atoms with Crippen molar-refractivity contribution in [3.05, 3.63) is 92.3 Å². The minimum Gasteiger partial charge on any atom is -0.341 e. The zero-order valence-corrected chi connectivity index (χ0v) is 24.5. The van der Waals surface area contributed by atoms with Gasteiger partial charge in [0.25, 0.3) is 5.56 Å². The molecule has 2 aromatic carbocycles. The largest absolute Gasteiger partial charge is 0.341 e. The fourth-order valence-corrected chi connectivity index (χ4v) is 6.29. The van der Waals surface area contributed by atoms with Crippen LogP contribution >= 0.6 is 0 Å². The third kappa shape index (κ3) is 6.61. The maximum atomic E-state index is 14.7. The number of carbonyl (C=O) groups excluding carboxylic acids is 2. The smallest absolute Gasteiger partial charge is 0.331 e. The van der Waals surface area contributed by atoms with Gasteiger partial charge in [0.1, 0.15) is 16.4 Å². The van der Waals surface area contributed by atoms with Crippen molar-refractivity contribution >= 4 is 21.7 Å². The van der Waals surface area contributed by atoms with Crippen LogP contribution in [0.3, 0.4) is 0 Å². The zero-order chi connectivity index (χ0) is 30.9. The number of amides is 2. The topological polar surface area (TPSA) is 119 Å². The molecule has 0 radical (unpaired) electrons. The van der Waals surface area contributed by atoms with Gasteiger partial charge in [-0.25, -0.2) is 22.0 Å². The fourth-order valence-electron chi connectivity index (χ4n) is 5.78. The number of hydrogen-bond donors (Lipinski definition) is 0. The number of nitrogens with zero attached hydrogens (tertiary/aromatic N) is 4. The molecule has 1 saturated heterocycles. The van der Waals surface area contributed by atoms with Gasteiger partial charge in [-0.3, -0.25) is 23.5 Å². The van der Waals surface area contributed by atoms with E-state index in [1.165, 1.54) is 12.1 Å². The summed E-state index contributed by atoms with van der Waals surface area (Å²) >= 11 is 0. The molecule has 3 heterocycles. The molecule has 0 unspecified atom stereocenters. The van der Waals surface area contributed by atoms with E-state index in [0.717, 1.165) is 40.6 Å². The molecule has 13 heteroatoms. The minimum absolute atomic E-state index is 0.0333. The number of carbonyl (C=O) groups is 2. The summed E-state index contributed by atoms with van der Waals surface area (Å²) in [5.74, 6) is -3.44. The average Bonchev–Trinajstić information content (AvgIpc) is 3.13. The van der Waals surface area contributed by atoms with Crippen molar-refractivity contribution in [1.29, 1.82) is 0 Å². The highest BCUT2D eigenvalue weighted by atomic mass is 32.2. The quantitative estimate of drug-likeness (QED) is 0.399. The van der Waals surface area contributed by atoms with E-state index in [0.29, 0.717) is 43.5 Å². The van der Waals surface area contributed by atoms with Crippen LogP contribution in [0.25, 0.3) is 11.1 Å². The minimum atomic E-state index is -3.58. The van der Waals surface area contributed by atoms with Crippen LogP contribution in [0, 0.1) is 11.6 Å². The van der Waals surface area contributed by atoms with Crippen LogP contribution in [-0.4, -0.2) is 76.9 Å². The average molecular weight is 615 g/mol. The fraction of sp³-hybridized carbons (Fsp3) is 0.400. The van der Waals surface area contributed by atoms with E-state index in [1.54, 1.807) is 4.90 Å². The highest BCUT2D eigenvalue weighted by Crippen LogP contribution is 2.24. The van der Waals surface area contributed by atoms with Crippen molar-refractivity contribution in [2.45, 2.75) is 44.8 Å². The van der Waals surface area contributed by atoms with Gasteiger partial charge in [-0.15, -0.1) is 0 Å². The molecule has 0 atom stereocenters. The Labute approximate surface area is 247 Å². The van der Waals surface area contributed by atoms with E-state index in [9.17, 15) is 36.4 Å². The van der Waals surface area contributed by atoms with E-state index >= 15 is 0 Å². The molecule has 0 N–H and O–H groups in total. The van der Waals surface area contributed by atoms with E-state index in [4.69, 9.17) is 0 Å². The first-order chi connectivity index (χ1) is 20.4. The van der Waals surface area contributed by atoms with Gasteiger partial charge in [0.2, 0.25) is 11.8 Å². The van der Waals surface area contributed by atoms with Crippen molar-refractivity contribution in [1.82, 2.24) is 18.9 Å². The van der Waals surface area contributed by atoms with Gasteiger partial charge < -0.3 is 9.80 Å². The Hall–Kier alpha value is -4.13. The molecule has 0 saturated carbocycles. The number of likely N-dealkylation sites (tertiary alicyclic amines) is 1. The highest BCUT2D eigenvalue weighted by Gasteiger charge is 2.31. The second-order valence-corrected chi connectivity index (χ2v) is 13.3. The molecule has 2 aliphatic rings. The Morgan fingerprint density at radius 1 is 0.930 bits per heavy atom. The Balaban J connectivity index is 1.34. The standard InChI is InChI=1S/C30H32F2N4O6S/c1-43(41,42)16-15-36-29(39)24(23-7-4-8-25(31)28(23)32)18-34(30(36)40)19-27(38)33-12-10-22(11-13-33)35-14-9-20-5-2-3-6-21(20)17-26(35)37/h2-8,18,22H,9-17,19H2,1H3. The molecule has 0 bridgehead atoms. The predicted molar refractivity (Wildman–Crippen MR) is 155 cm³/mol. The number of piperidine rings is 1. The third-order valence-corrected chi connectivity index (χ3v) is 9.05. The third-order valence-electron chi connectivity index (χ3n) is 8.13. The van der Waals surface area contributed by atoms with Crippen LogP contribution in [0.2, 0.25) is 0 Å². The number of sulfone groups is 1. The maximum absolute atomic E-state index is 14.7. The number of rotatable bonds is 7. The van der Waals surface area contributed by atoms with Crippen LogP contribution < -0.4 is 11.2 Å². The van der Waals surface area contributed by atoms with Crippen LogP contribution in [0.15, 0.2) is 58.3 Å².